The highest BCUT2D eigenvalue weighted by Crippen LogP contribution is 2.27. The number of nitrogens with one attached hydrogen (secondary N) is 5. The minimum absolute atomic E-state index is 0.0456. The maximum absolute atomic E-state index is 12.8. The van der Waals surface area contributed by atoms with E-state index in [1.54, 1.807) is 66.7 Å². The highest BCUT2D eigenvalue weighted by Gasteiger charge is 2.13. The zero-order chi connectivity index (χ0) is 29.4. The Labute approximate surface area is 237 Å². The Morgan fingerprint density at radius 2 is 1.39 bits per heavy atom. The molecule has 0 heterocycles. The largest absolute Gasteiger partial charge is 0.465 e. The van der Waals surface area contributed by atoms with Gasteiger partial charge >= 0.3 is 12.0 Å². The van der Waals surface area contributed by atoms with Crippen LogP contribution in [0.5, 0.6) is 0 Å². The Morgan fingerprint density at radius 3 is 2.05 bits per heavy atom. The van der Waals surface area contributed by atoms with Crippen LogP contribution in [0.1, 0.15) is 44.8 Å². The molecule has 208 valence electrons. The summed E-state index contributed by atoms with van der Waals surface area (Å²) in [5, 5.41) is 19.3. The van der Waals surface area contributed by atoms with E-state index in [-0.39, 0.29) is 17.8 Å². The molecule has 4 aromatic carbocycles. The number of carbonyl (C=O) groups is 3. The van der Waals surface area contributed by atoms with Crippen LogP contribution < -0.4 is 27.0 Å². The van der Waals surface area contributed by atoms with Crippen molar-refractivity contribution in [2.45, 2.75) is 13.0 Å². The van der Waals surface area contributed by atoms with Crippen LogP contribution in [0.15, 0.2) is 97.1 Å². The molecule has 0 aliphatic rings. The van der Waals surface area contributed by atoms with Gasteiger partial charge in [-0.25, -0.2) is 9.59 Å². The van der Waals surface area contributed by atoms with Crippen LogP contribution in [0.4, 0.5) is 27.5 Å². The maximum atomic E-state index is 12.8. The summed E-state index contributed by atoms with van der Waals surface area (Å²) in [5.41, 5.74) is 10.1. The second kappa shape index (κ2) is 12.9. The second-order valence-corrected chi connectivity index (χ2v) is 9.13. The molecule has 4 aromatic rings. The fourth-order valence-corrected chi connectivity index (χ4v) is 4.02. The van der Waals surface area contributed by atoms with Crippen molar-refractivity contribution in [3.63, 3.8) is 0 Å². The van der Waals surface area contributed by atoms with E-state index in [0.29, 0.717) is 33.8 Å². The number of hydrogen-bond donors (Lipinski definition) is 6. The summed E-state index contributed by atoms with van der Waals surface area (Å²) in [7, 11) is 1.30. The van der Waals surface area contributed by atoms with Gasteiger partial charge in [-0.15, -0.1) is 0 Å². The van der Waals surface area contributed by atoms with Gasteiger partial charge in [-0.3, -0.25) is 10.2 Å². The molecule has 10 nitrogen and oxygen atoms in total. The molecule has 0 fully saturated rings. The van der Waals surface area contributed by atoms with Gasteiger partial charge in [0.2, 0.25) is 0 Å². The summed E-state index contributed by atoms with van der Waals surface area (Å²) >= 11 is 0. The van der Waals surface area contributed by atoms with Crippen LogP contribution in [0.2, 0.25) is 0 Å². The second-order valence-electron chi connectivity index (χ2n) is 9.13. The van der Waals surface area contributed by atoms with Gasteiger partial charge in [0.25, 0.3) is 5.91 Å². The number of amides is 3. The Balaban J connectivity index is 1.37. The van der Waals surface area contributed by atoms with Gasteiger partial charge in [0, 0.05) is 28.5 Å². The molecule has 0 aliphatic carbocycles. The van der Waals surface area contributed by atoms with E-state index in [1.165, 1.54) is 7.11 Å². The molecule has 0 spiro atoms. The average Bonchev–Trinajstić information content (AvgIpc) is 2.98. The lowest BCUT2D eigenvalue weighted by Gasteiger charge is -2.19. The van der Waals surface area contributed by atoms with Crippen molar-refractivity contribution in [3.8, 4) is 0 Å². The fourth-order valence-electron chi connectivity index (χ4n) is 4.02. The molecule has 1 atom stereocenters. The lowest BCUT2D eigenvalue weighted by Crippen LogP contribution is -2.21. The normalized spacial score (nSPS) is 11.1. The first-order valence-corrected chi connectivity index (χ1v) is 12.7. The van der Waals surface area contributed by atoms with E-state index in [9.17, 15) is 14.4 Å². The molecular weight excluding hydrogens is 520 g/mol. The highest BCUT2D eigenvalue weighted by molar-refractivity contribution is 6.05. The number of esters is 1. The Bertz CT molecular complexity index is 1570. The van der Waals surface area contributed by atoms with E-state index in [2.05, 4.69) is 21.3 Å². The topological polar surface area (TPSA) is 158 Å². The van der Waals surface area contributed by atoms with Crippen molar-refractivity contribution in [1.29, 1.82) is 5.41 Å². The molecule has 0 aromatic heterocycles. The van der Waals surface area contributed by atoms with E-state index in [1.807, 2.05) is 37.3 Å². The monoisotopic (exact) mass is 550 g/mol. The number of benzene rings is 4. The molecule has 1 unspecified atom stereocenters. The van der Waals surface area contributed by atoms with Crippen LogP contribution in [0.25, 0.3) is 0 Å². The van der Waals surface area contributed by atoms with Gasteiger partial charge in [0.05, 0.1) is 24.0 Å². The number of rotatable bonds is 9. The minimum Gasteiger partial charge on any atom is -0.465 e. The number of para-hydroxylation sites is 2. The number of hydrogen-bond acceptors (Lipinski definition) is 6. The quantitative estimate of drug-likeness (QED) is 0.0874. The van der Waals surface area contributed by atoms with E-state index in [0.717, 1.165) is 11.3 Å². The standard InChI is InChI=1S/C31H30N6O4/c1-19(20-10-12-22(13-11-20)29(38)35-25-7-5-6-23(18-25)30(39)41-2)34-26-8-3-4-9-27(26)37-31(40)36-24-16-14-21(15-17-24)28(32)33/h3-19,34H,1-2H3,(H3,32,33)(H,35,38)(H2,36,37,40). The number of nitrogens with two attached hydrogens (primary N) is 1. The average molecular weight is 551 g/mol. The Morgan fingerprint density at radius 1 is 0.732 bits per heavy atom. The van der Waals surface area contributed by atoms with Gasteiger partial charge in [-0.2, -0.15) is 0 Å². The third-order valence-electron chi connectivity index (χ3n) is 6.22. The zero-order valence-corrected chi connectivity index (χ0v) is 22.5. The number of nitrogen functional groups attached to an aromatic ring is 1. The number of carbonyl (C=O) groups excluding carboxylic acids is 3. The molecule has 4 rings (SSSR count). The summed E-state index contributed by atoms with van der Waals surface area (Å²) in [4.78, 5) is 37.1. The van der Waals surface area contributed by atoms with Crippen molar-refractivity contribution in [3.05, 3.63) is 119 Å². The molecule has 0 saturated carbocycles. The summed E-state index contributed by atoms with van der Waals surface area (Å²) in [6.45, 7) is 1.97. The van der Waals surface area contributed by atoms with Gasteiger partial charge in [-0.1, -0.05) is 30.3 Å². The van der Waals surface area contributed by atoms with Gasteiger partial charge in [0.15, 0.2) is 0 Å². The van der Waals surface area contributed by atoms with Crippen LogP contribution >= 0.6 is 0 Å². The lowest BCUT2D eigenvalue weighted by atomic mass is 10.0. The molecule has 0 saturated heterocycles. The predicted molar refractivity (Wildman–Crippen MR) is 161 cm³/mol. The van der Waals surface area contributed by atoms with Crippen LogP contribution in [0, 0.1) is 5.41 Å². The van der Waals surface area contributed by atoms with Crippen LogP contribution in [-0.2, 0) is 4.74 Å². The predicted octanol–water partition coefficient (Wildman–Crippen LogP) is 5.83. The van der Waals surface area contributed by atoms with Gasteiger partial charge in [0.1, 0.15) is 5.84 Å². The van der Waals surface area contributed by atoms with Crippen LogP contribution in [-0.4, -0.2) is 30.9 Å². The van der Waals surface area contributed by atoms with Crippen molar-refractivity contribution in [2.24, 2.45) is 5.73 Å². The number of anilines is 4. The summed E-state index contributed by atoms with van der Waals surface area (Å²) in [6.07, 6.45) is 0. The van der Waals surface area contributed by atoms with Crippen molar-refractivity contribution in [2.75, 3.05) is 28.4 Å². The molecule has 0 aliphatic heterocycles. The number of amidine groups is 1. The molecule has 10 heteroatoms. The van der Waals surface area contributed by atoms with Crippen LogP contribution in [0.3, 0.4) is 0 Å². The minimum atomic E-state index is -0.482. The molecular formula is C31H30N6O4. The van der Waals surface area contributed by atoms with E-state index >= 15 is 0 Å². The first-order chi connectivity index (χ1) is 19.7. The molecule has 0 radical (unpaired) electrons. The highest BCUT2D eigenvalue weighted by atomic mass is 16.5. The first-order valence-electron chi connectivity index (χ1n) is 12.7. The summed E-state index contributed by atoms with van der Waals surface area (Å²) < 4.78 is 4.73. The molecule has 7 N–H and O–H groups in total. The number of ether oxygens (including phenoxy) is 1. The SMILES string of the molecule is COC(=O)c1cccc(NC(=O)c2ccc(C(C)Nc3ccccc3NC(=O)Nc3ccc(C(=N)N)cc3)cc2)c1. The third-order valence-corrected chi connectivity index (χ3v) is 6.22. The molecule has 3 amide bonds. The maximum Gasteiger partial charge on any atom is 0.337 e. The molecule has 41 heavy (non-hydrogen) atoms. The number of urea groups is 1. The van der Waals surface area contributed by atoms with Crippen molar-refractivity contribution < 1.29 is 19.1 Å². The van der Waals surface area contributed by atoms with Crippen molar-refractivity contribution >= 4 is 46.5 Å². The van der Waals surface area contributed by atoms with Gasteiger partial charge < -0.3 is 31.7 Å². The lowest BCUT2D eigenvalue weighted by molar-refractivity contribution is 0.0600. The van der Waals surface area contributed by atoms with E-state index < -0.39 is 12.0 Å². The zero-order valence-electron chi connectivity index (χ0n) is 22.5. The first kappa shape index (κ1) is 28.4. The summed E-state index contributed by atoms with van der Waals surface area (Å²) in [5.74, 6) is -0.837. The Kier molecular flexibility index (Phi) is 8.95. The summed E-state index contributed by atoms with van der Waals surface area (Å²) in [6, 6.07) is 27.1. The molecule has 0 bridgehead atoms. The van der Waals surface area contributed by atoms with E-state index in [4.69, 9.17) is 15.9 Å². The van der Waals surface area contributed by atoms with Crippen molar-refractivity contribution in [1.82, 2.24) is 0 Å². The Hall–Kier alpha value is -5.64. The third kappa shape index (κ3) is 7.48. The fraction of sp³-hybridized carbons (Fsp3) is 0.0968. The smallest absolute Gasteiger partial charge is 0.337 e. The number of methoxy groups -OCH3 is 1. The van der Waals surface area contributed by atoms with Gasteiger partial charge in [-0.05, 0) is 79.2 Å².